The second-order valence-electron chi connectivity index (χ2n) is 5.00. The number of aromatic nitrogens is 2. The van der Waals surface area contributed by atoms with Crippen LogP contribution in [0.2, 0.25) is 0 Å². The molecule has 0 aliphatic rings. The third kappa shape index (κ3) is 4.43. The molecule has 1 N–H and O–H groups in total. The molecule has 21 heavy (non-hydrogen) atoms. The quantitative estimate of drug-likeness (QED) is 0.799. The summed E-state index contributed by atoms with van der Waals surface area (Å²) >= 11 is 1.42. The Labute approximate surface area is 129 Å². The Kier molecular flexibility index (Phi) is 5.56. The standard InChI is InChI=1S/C16H20FN3S/c1-4-18-15-9-13(11(2)3)19-16(20-15)10-21-14-8-6-5-7-12(14)17/h5-9,11H,4,10H2,1-3H3,(H,18,19,20). The summed E-state index contributed by atoms with van der Waals surface area (Å²) in [7, 11) is 0. The van der Waals surface area contributed by atoms with Gasteiger partial charge in [-0.2, -0.15) is 0 Å². The molecule has 1 heterocycles. The average molecular weight is 305 g/mol. The molecule has 0 radical (unpaired) electrons. The molecule has 3 nitrogen and oxygen atoms in total. The Morgan fingerprint density at radius 3 is 2.67 bits per heavy atom. The van der Waals surface area contributed by atoms with Gasteiger partial charge in [0.1, 0.15) is 17.5 Å². The van der Waals surface area contributed by atoms with Gasteiger partial charge in [0.2, 0.25) is 0 Å². The minimum atomic E-state index is -0.200. The predicted octanol–water partition coefficient (Wildman–Crippen LogP) is 4.46. The van der Waals surface area contributed by atoms with Crippen LogP contribution >= 0.6 is 11.8 Å². The maximum atomic E-state index is 13.6. The van der Waals surface area contributed by atoms with Gasteiger partial charge in [-0.3, -0.25) is 0 Å². The zero-order valence-electron chi connectivity index (χ0n) is 12.6. The third-order valence-corrected chi connectivity index (χ3v) is 3.98. The molecule has 0 bridgehead atoms. The molecule has 0 aliphatic heterocycles. The molecule has 0 saturated heterocycles. The van der Waals surface area contributed by atoms with E-state index in [1.165, 1.54) is 17.8 Å². The first-order valence-electron chi connectivity index (χ1n) is 7.09. The maximum Gasteiger partial charge on any atom is 0.141 e. The highest BCUT2D eigenvalue weighted by atomic mass is 32.2. The minimum Gasteiger partial charge on any atom is -0.370 e. The van der Waals surface area contributed by atoms with Crippen LogP contribution < -0.4 is 5.32 Å². The van der Waals surface area contributed by atoms with Gasteiger partial charge in [0.05, 0.1) is 5.75 Å². The molecule has 112 valence electrons. The highest BCUT2D eigenvalue weighted by Gasteiger charge is 2.09. The van der Waals surface area contributed by atoms with Crippen LogP contribution in [-0.4, -0.2) is 16.5 Å². The van der Waals surface area contributed by atoms with Crippen molar-refractivity contribution in [3.63, 3.8) is 0 Å². The molecule has 0 spiro atoms. The van der Waals surface area contributed by atoms with Crippen LogP contribution in [0.15, 0.2) is 35.2 Å². The first-order valence-corrected chi connectivity index (χ1v) is 8.07. The van der Waals surface area contributed by atoms with Crippen LogP contribution in [0.3, 0.4) is 0 Å². The molecule has 0 aliphatic carbocycles. The lowest BCUT2D eigenvalue weighted by molar-refractivity contribution is 0.602. The van der Waals surface area contributed by atoms with Crippen LogP contribution in [0.4, 0.5) is 10.2 Å². The zero-order chi connectivity index (χ0) is 15.2. The van der Waals surface area contributed by atoms with Crippen LogP contribution in [0.1, 0.15) is 38.2 Å². The van der Waals surface area contributed by atoms with Crippen molar-refractivity contribution in [1.82, 2.24) is 9.97 Å². The number of hydrogen-bond acceptors (Lipinski definition) is 4. The van der Waals surface area contributed by atoms with E-state index in [0.29, 0.717) is 16.6 Å². The lowest BCUT2D eigenvalue weighted by atomic mass is 10.1. The van der Waals surface area contributed by atoms with Crippen molar-refractivity contribution in [2.45, 2.75) is 37.3 Å². The number of benzene rings is 1. The van der Waals surface area contributed by atoms with Crippen LogP contribution in [0, 0.1) is 5.82 Å². The molecule has 1 aromatic heterocycles. The average Bonchev–Trinajstić information content (AvgIpc) is 2.46. The Bertz CT molecular complexity index is 602. The molecule has 0 saturated carbocycles. The van der Waals surface area contributed by atoms with E-state index < -0.39 is 0 Å². The highest BCUT2D eigenvalue weighted by molar-refractivity contribution is 7.98. The molecular weight excluding hydrogens is 285 g/mol. The summed E-state index contributed by atoms with van der Waals surface area (Å²) in [4.78, 5) is 9.68. The summed E-state index contributed by atoms with van der Waals surface area (Å²) < 4.78 is 13.6. The van der Waals surface area contributed by atoms with Crippen molar-refractivity contribution < 1.29 is 4.39 Å². The summed E-state index contributed by atoms with van der Waals surface area (Å²) in [5, 5.41) is 3.22. The predicted molar refractivity (Wildman–Crippen MR) is 86.2 cm³/mol. The van der Waals surface area contributed by atoms with Crippen LogP contribution in [0.5, 0.6) is 0 Å². The lowest BCUT2D eigenvalue weighted by Crippen LogP contribution is -2.06. The van der Waals surface area contributed by atoms with Gasteiger partial charge in [-0.25, -0.2) is 14.4 Å². The molecule has 5 heteroatoms. The fourth-order valence-corrected chi connectivity index (χ4v) is 2.65. The van der Waals surface area contributed by atoms with E-state index in [1.54, 1.807) is 12.1 Å². The SMILES string of the molecule is CCNc1cc(C(C)C)nc(CSc2ccccc2F)n1. The first-order chi connectivity index (χ1) is 10.1. The van der Waals surface area contributed by atoms with E-state index in [0.717, 1.165) is 23.9 Å². The zero-order valence-corrected chi connectivity index (χ0v) is 13.4. The van der Waals surface area contributed by atoms with E-state index in [2.05, 4.69) is 29.1 Å². The molecule has 2 aromatic rings. The van der Waals surface area contributed by atoms with Gasteiger partial charge in [-0.05, 0) is 25.0 Å². The molecule has 0 unspecified atom stereocenters. The van der Waals surface area contributed by atoms with Gasteiger partial charge >= 0.3 is 0 Å². The fraction of sp³-hybridized carbons (Fsp3) is 0.375. The van der Waals surface area contributed by atoms with Gasteiger partial charge in [0.25, 0.3) is 0 Å². The Morgan fingerprint density at radius 1 is 1.24 bits per heavy atom. The van der Waals surface area contributed by atoms with Gasteiger partial charge in [-0.1, -0.05) is 26.0 Å². The molecule has 2 rings (SSSR count). The van der Waals surface area contributed by atoms with Crippen LogP contribution in [0.25, 0.3) is 0 Å². The number of halogens is 1. The Morgan fingerprint density at radius 2 is 2.00 bits per heavy atom. The second-order valence-corrected chi connectivity index (χ2v) is 6.02. The van der Waals surface area contributed by atoms with Crippen molar-refractivity contribution >= 4 is 17.6 Å². The summed E-state index contributed by atoms with van der Waals surface area (Å²) in [6.45, 7) is 7.05. The minimum absolute atomic E-state index is 0.200. The van der Waals surface area contributed by atoms with Gasteiger partial charge < -0.3 is 5.32 Å². The summed E-state index contributed by atoms with van der Waals surface area (Å²) in [5.74, 6) is 2.25. The van der Waals surface area contributed by atoms with Gasteiger partial charge in [-0.15, -0.1) is 11.8 Å². The van der Waals surface area contributed by atoms with Gasteiger partial charge in [0.15, 0.2) is 0 Å². The first kappa shape index (κ1) is 15.8. The summed E-state index contributed by atoms with van der Waals surface area (Å²) in [5.41, 5.74) is 1.00. The smallest absolute Gasteiger partial charge is 0.141 e. The van der Waals surface area contributed by atoms with Crippen LogP contribution in [-0.2, 0) is 5.75 Å². The maximum absolute atomic E-state index is 13.6. The monoisotopic (exact) mass is 305 g/mol. The molecule has 0 amide bonds. The number of rotatable bonds is 6. The van der Waals surface area contributed by atoms with E-state index >= 15 is 0 Å². The van der Waals surface area contributed by atoms with Crippen molar-refractivity contribution in [2.24, 2.45) is 0 Å². The fourth-order valence-electron chi connectivity index (χ4n) is 1.85. The number of hydrogen-bond donors (Lipinski definition) is 1. The van der Waals surface area contributed by atoms with E-state index in [1.807, 2.05) is 19.1 Å². The molecule has 1 aromatic carbocycles. The lowest BCUT2D eigenvalue weighted by Gasteiger charge is -2.11. The van der Waals surface area contributed by atoms with E-state index in [9.17, 15) is 4.39 Å². The number of nitrogens with one attached hydrogen (secondary N) is 1. The summed E-state index contributed by atoms with van der Waals surface area (Å²) in [6, 6.07) is 8.75. The van der Waals surface area contributed by atoms with E-state index in [-0.39, 0.29) is 5.82 Å². The highest BCUT2D eigenvalue weighted by Crippen LogP contribution is 2.25. The Hall–Kier alpha value is -1.62. The number of thioether (sulfide) groups is 1. The molecular formula is C16H20FN3S. The van der Waals surface area contributed by atoms with Crippen molar-refractivity contribution in [3.8, 4) is 0 Å². The number of anilines is 1. The van der Waals surface area contributed by atoms with Crippen molar-refractivity contribution in [3.05, 3.63) is 47.7 Å². The molecule has 0 fully saturated rings. The van der Waals surface area contributed by atoms with Gasteiger partial charge in [0, 0.05) is 23.2 Å². The number of nitrogens with zero attached hydrogens (tertiary/aromatic N) is 2. The second kappa shape index (κ2) is 7.41. The third-order valence-electron chi connectivity index (χ3n) is 2.94. The Balaban J connectivity index is 2.17. The normalized spacial score (nSPS) is 10.9. The topological polar surface area (TPSA) is 37.8 Å². The molecule has 0 atom stereocenters. The van der Waals surface area contributed by atoms with Crippen molar-refractivity contribution in [2.75, 3.05) is 11.9 Å². The van der Waals surface area contributed by atoms with E-state index in [4.69, 9.17) is 0 Å². The summed E-state index contributed by atoms with van der Waals surface area (Å²) in [6.07, 6.45) is 0. The van der Waals surface area contributed by atoms with Crippen molar-refractivity contribution in [1.29, 1.82) is 0 Å². The largest absolute Gasteiger partial charge is 0.370 e.